The van der Waals surface area contributed by atoms with Crippen LogP contribution in [0.2, 0.25) is 0 Å². The molecule has 4 rings (SSSR count). The van der Waals surface area contributed by atoms with Crippen molar-refractivity contribution in [3.8, 4) is 22.6 Å². The summed E-state index contributed by atoms with van der Waals surface area (Å²) in [5.41, 5.74) is 4.37. The summed E-state index contributed by atoms with van der Waals surface area (Å²) in [5.74, 6) is 1.76. The van der Waals surface area contributed by atoms with Gasteiger partial charge in [-0.05, 0) is 43.2 Å². The molecule has 0 saturated heterocycles. The molecule has 0 radical (unpaired) electrons. The van der Waals surface area contributed by atoms with Gasteiger partial charge in [0.05, 0.1) is 11.3 Å². The van der Waals surface area contributed by atoms with E-state index in [4.69, 9.17) is 4.42 Å². The van der Waals surface area contributed by atoms with Crippen molar-refractivity contribution >= 4 is 5.91 Å². The molecule has 0 aromatic carbocycles. The number of nitrogens with one attached hydrogen (secondary N) is 1. The van der Waals surface area contributed by atoms with Crippen LogP contribution in [-0.2, 0) is 6.42 Å². The van der Waals surface area contributed by atoms with Gasteiger partial charge in [-0.3, -0.25) is 14.8 Å². The monoisotopic (exact) mass is 347 g/mol. The minimum absolute atomic E-state index is 0.0727. The van der Waals surface area contributed by atoms with Crippen LogP contribution in [0.15, 0.2) is 47.1 Å². The zero-order valence-corrected chi connectivity index (χ0v) is 15.1. The first-order valence-corrected chi connectivity index (χ1v) is 8.87. The second kappa shape index (κ2) is 6.41. The number of hydrogen-bond donors (Lipinski definition) is 1. The predicted octanol–water partition coefficient (Wildman–Crippen LogP) is 4.20. The van der Waals surface area contributed by atoms with Crippen LogP contribution in [0.4, 0.5) is 0 Å². The molecule has 0 saturated carbocycles. The lowest BCUT2D eigenvalue weighted by atomic mass is 10.0. The van der Waals surface area contributed by atoms with E-state index < -0.39 is 0 Å². The molecule has 3 aromatic rings. The Morgan fingerprint density at radius 2 is 2.00 bits per heavy atom. The molecule has 0 fully saturated rings. The third kappa shape index (κ3) is 3.01. The Bertz CT molecular complexity index is 958. The van der Waals surface area contributed by atoms with Crippen LogP contribution in [0.1, 0.15) is 48.5 Å². The van der Waals surface area contributed by atoms with Crippen LogP contribution >= 0.6 is 0 Å². The summed E-state index contributed by atoms with van der Waals surface area (Å²) < 4.78 is 5.97. The minimum Gasteiger partial charge on any atom is -0.460 e. The molecule has 1 aliphatic rings. The minimum atomic E-state index is -0.0727. The summed E-state index contributed by atoms with van der Waals surface area (Å²) in [4.78, 5) is 21.1. The molecule has 0 bridgehead atoms. The molecule has 132 valence electrons. The fourth-order valence-electron chi connectivity index (χ4n) is 3.19. The van der Waals surface area contributed by atoms with Crippen LogP contribution in [0.3, 0.4) is 0 Å². The standard InChI is InChI=1S/C21H21N3O2/c1-12(2)17-5-4-15(11-23-17)18-9-14(6-7-22-18)19-10-16-20(26-19)8-13(3)24-21(16)25/h4-7,9-13H,8H2,1-3H3,(H,24,25)/t13-/m1/s1. The molecule has 3 aromatic heterocycles. The first-order chi connectivity index (χ1) is 12.5. The number of hydrogen-bond acceptors (Lipinski definition) is 4. The Morgan fingerprint density at radius 3 is 2.73 bits per heavy atom. The predicted molar refractivity (Wildman–Crippen MR) is 99.9 cm³/mol. The Balaban J connectivity index is 1.68. The second-order valence-electron chi connectivity index (χ2n) is 7.08. The fraction of sp³-hybridized carbons (Fsp3) is 0.286. The molecule has 0 unspecified atom stereocenters. The lowest BCUT2D eigenvalue weighted by Crippen LogP contribution is -2.38. The van der Waals surface area contributed by atoms with Gasteiger partial charge in [-0.1, -0.05) is 13.8 Å². The Kier molecular flexibility index (Phi) is 4.07. The molecule has 0 spiro atoms. The number of nitrogens with zero attached hydrogens (tertiary/aromatic N) is 2. The summed E-state index contributed by atoms with van der Waals surface area (Å²) in [6, 6.07) is 9.84. The molecule has 5 heteroatoms. The number of fused-ring (bicyclic) bond motifs is 1. The number of pyridine rings is 2. The van der Waals surface area contributed by atoms with Crippen LogP contribution in [0.5, 0.6) is 0 Å². The fourth-order valence-corrected chi connectivity index (χ4v) is 3.19. The number of amides is 1. The molecule has 1 aliphatic heterocycles. The first-order valence-electron chi connectivity index (χ1n) is 8.87. The summed E-state index contributed by atoms with van der Waals surface area (Å²) in [7, 11) is 0. The van der Waals surface area contributed by atoms with E-state index in [2.05, 4.69) is 29.1 Å². The molecule has 1 atom stereocenters. The average molecular weight is 347 g/mol. The average Bonchev–Trinajstić information content (AvgIpc) is 3.06. The number of rotatable bonds is 3. The van der Waals surface area contributed by atoms with Crippen molar-refractivity contribution in [2.75, 3.05) is 0 Å². The van der Waals surface area contributed by atoms with E-state index >= 15 is 0 Å². The van der Waals surface area contributed by atoms with Gasteiger partial charge in [-0.25, -0.2) is 0 Å². The molecule has 0 aliphatic carbocycles. The number of furan rings is 1. The highest BCUT2D eigenvalue weighted by molar-refractivity contribution is 5.97. The maximum Gasteiger partial charge on any atom is 0.255 e. The summed E-state index contributed by atoms with van der Waals surface area (Å²) in [5, 5.41) is 2.93. The van der Waals surface area contributed by atoms with Gasteiger partial charge >= 0.3 is 0 Å². The molecule has 1 N–H and O–H groups in total. The Hall–Kier alpha value is -2.95. The van der Waals surface area contributed by atoms with Crippen molar-refractivity contribution < 1.29 is 9.21 Å². The third-order valence-corrected chi connectivity index (χ3v) is 4.64. The van der Waals surface area contributed by atoms with E-state index in [-0.39, 0.29) is 11.9 Å². The number of carbonyl (C=O) groups excluding carboxylic acids is 1. The lowest BCUT2D eigenvalue weighted by Gasteiger charge is -2.17. The van der Waals surface area contributed by atoms with Gasteiger partial charge in [0.2, 0.25) is 0 Å². The normalized spacial score (nSPS) is 16.5. The van der Waals surface area contributed by atoms with Crippen molar-refractivity contribution in [2.45, 2.75) is 39.2 Å². The lowest BCUT2D eigenvalue weighted by molar-refractivity contribution is 0.0925. The summed E-state index contributed by atoms with van der Waals surface area (Å²) >= 11 is 0. The molecule has 5 nitrogen and oxygen atoms in total. The highest BCUT2D eigenvalue weighted by Gasteiger charge is 2.26. The summed E-state index contributed by atoms with van der Waals surface area (Å²) in [6.07, 6.45) is 4.31. The second-order valence-corrected chi connectivity index (χ2v) is 7.08. The van der Waals surface area contributed by atoms with Crippen molar-refractivity contribution in [1.82, 2.24) is 15.3 Å². The zero-order chi connectivity index (χ0) is 18.3. The van der Waals surface area contributed by atoms with Crippen molar-refractivity contribution in [3.63, 3.8) is 0 Å². The molecule has 4 heterocycles. The van der Waals surface area contributed by atoms with E-state index in [1.54, 1.807) is 6.20 Å². The van der Waals surface area contributed by atoms with Crippen molar-refractivity contribution in [3.05, 3.63) is 59.7 Å². The van der Waals surface area contributed by atoms with E-state index in [0.29, 0.717) is 23.7 Å². The van der Waals surface area contributed by atoms with Gasteiger partial charge in [0.25, 0.3) is 5.91 Å². The van der Waals surface area contributed by atoms with Gasteiger partial charge < -0.3 is 9.73 Å². The highest BCUT2D eigenvalue weighted by Crippen LogP contribution is 2.30. The first kappa shape index (κ1) is 16.5. The van der Waals surface area contributed by atoms with Gasteiger partial charge in [0, 0.05) is 41.7 Å². The third-order valence-electron chi connectivity index (χ3n) is 4.64. The van der Waals surface area contributed by atoms with Crippen molar-refractivity contribution in [1.29, 1.82) is 0 Å². The van der Waals surface area contributed by atoms with E-state index in [0.717, 1.165) is 28.3 Å². The summed E-state index contributed by atoms with van der Waals surface area (Å²) in [6.45, 7) is 6.22. The Labute approximate surface area is 152 Å². The topological polar surface area (TPSA) is 68.0 Å². The van der Waals surface area contributed by atoms with Crippen LogP contribution in [0.25, 0.3) is 22.6 Å². The smallest absolute Gasteiger partial charge is 0.255 e. The van der Waals surface area contributed by atoms with E-state index in [9.17, 15) is 4.79 Å². The maximum atomic E-state index is 12.1. The molecular weight excluding hydrogens is 326 g/mol. The van der Waals surface area contributed by atoms with Gasteiger partial charge in [-0.15, -0.1) is 0 Å². The zero-order valence-electron chi connectivity index (χ0n) is 15.1. The van der Waals surface area contributed by atoms with Gasteiger partial charge in [0.1, 0.15) is 11.5 Å². The van der Waals surface area contributed by atoms with Crippen LogP contribution in [-0.4, -0.2) is 21.9 Å². The Morgan fingerprint density at radius 1 is 1.15 bits per heavy atom. The van der Waals surface area contributed by atoms with Crippen LogP contribution < -0.4 is 5.32 Å². The van der Waals surface area contributed by atoms with Crippen LogP contribution in [0, 0.1) is 0 Å². The quantitative estimate of drug-likeness (QED) is 0.771. The molecule has 1 amide bonds. The van der Waals surface area contributed by atoms with Crippen molar-refractivity contribution in [2.24, 2.45) is 0 Å². The maximum absolute atomic E-state index is 12.1. The SMILES string of the molecule is CC(C)c1ccc(-c2cc(-c3cc4c(o3)C[C@@H](C)NC4=O)ccn2)cn1. The largest absolute Gasteiger partial charge is 0.460 e. The molecular formula is C21H21N3O2. The highest BCUT2D eigenvalue weighted by atomic mass is 16.3. The van der Waals surface area contributed by atoms with E-state index in [1.807, 2.05) is 43.5 Å². The molecule has 26 heavy (non-hydrogen) atoms. The van der Waals surface area contributed by atoms with Gasteiger partial charge in [0.15, 0.2) is 0 Å². The number of carbonyl (C=O) groups is 1. The number of aromatic nitrogens is 2. The van der Waals surface area contributed by atoms with E-state index in [1.165, 1.54) is 0 Å². The van der Waals surface area contributed by atoms with Gasteiger partial charge in [-0.2, -0.15) is 0 Å².